The molecule has 1 atom stereocenters. The highest BCUT2D eigenvalue weighted by molar-refractivity contribution is 6.31. The van der Waals surface area contributed by atoms with Gasteiger partial charge in [0.2, 0.25) is 0 Å². The van der Waals surface area contributed by atoms with Crippen LogP contribution >= 0.6 is 11.6 Å². The van der Waals surface area contributed by atoms with Crippen LogP contribution in [0.3, 0.4) is 0 Å². The highest BCUT2D eigenvalue weighted by Crippen LogP contribution is 2.34. The molecule has 1 aromatic heterocycles. The average Bonchev–Trinajstić information content (AvgIpc) is 2.97. The molecule has 0 aliphatic heterocycles. The Hall–Kier alpha value is -1.72. The molecule has 2 rings (SSSR count). The molecule has 1 unspecified atom stereocenters. The molecule has 0 bridgehead atoms. The summed E-state index contributed by atoms with van der Waals surface area (Å²) in [6, 6.07) is 6.06. The van der Waals surface area contributed by atoms with E-state index in [4.69, 9.17) is 21.1 Å². The molecule has 1 aromatic carbocycles. The molecular weight excluding hydrogens is 338 g/mol. The molecule has 0 saturated carbocycles. The highest BCUT2D eigenvalue weighted by atomic mass is 35.5. The van der Waals surface area contributed by atoms with Crippen LogP contribution in [0.1, 0.15) is 51.4 Å². The van der Waals surface area contributed by atoms with Gasteiger partial charge in [-0.25, -0.2) is 0 Å². The van der Waals surface area contributed by atoms with E-state index in [2.05, 4.69) is 17.3 Å². The van der Waals surface area contributed by atoms with Crippen molar-refractivity contribution in [1.29, 1.82) is 0 Å². The van der Waals surface area contributed by atoms with Crippen LogP contribution in [0.2, 0.25) is 5.02 Å². The zero-order valence-electron chi connectivity index (χ0n) is 15.7. The summed E-state index contributed by atoms with van der Waals surface area (Å²) in [5, 5.41) is 8.48. The van der Waals surface area contributed by atoms with Crippen molar-refractivity contribution in [2.24, 2.45) is 7.05 Å². The predicted molar refractivity (Wildman–Crippen MR) is 101 cm³/mol. The molecular formula is C19H28ClN3O2. The fourth-order valence-corrected chi connectivity index (χ4v) is 2.96. The molecule has 6 heteroatoms. The lowest BCUT2D eigenvalue weighted by molar-refractivity contribution is 0.223. The zero-order valence-corrected chi connectivity index (χ0v) is 16.4. The first-order valence-electron chi connectivity index (χ1n) is 8.79. The van der Waals surface area contributed by atoms with Gasteiger partial charge in [-0.2, -0.15) is 5.10 Å². The van der Waals surface area contributed by atoms with Gasteiger partial charge < -0.3 is 14.8 Å². The minimum Gasteiger partial charge on any atom is -0.490 e. The summed E-state index contributed by atoms with van der Waals surface area (Å²) in [5.74, 6) is 1.41. The van der Waals surface area contributed by atoms with Gasteiger partial charge in [-0.05, 0) is 44.9 Å². The zero-order chi connectivity index (χ0) is 18.4. The molecule has 1 N–H and O–H groups in total. The number of aryl methyl sites for hydroxylation is 1. The van der Waals surface area contributed by atoms with Crippen LogP contribution in [-0.2, 0) is 13.6 Å². The minimum absolute atomic E-state index is 0.0635. The topological polar surface area (TPSA) is 48.3 Å². The van der Waals surface area contributed by atoms with Gasteiger partial charge in [0.15, 0.2) is 11.5 Å². The van der Waals surface area contributed by atoms with E-state index in [1.807, 2.05) is 56.9 Å². The van der Waals surface area contributed by atoms with Crippen LogP contribution in [0.25, 0.3) is 0 Å². The molecule has 0 fully saturated rings. The summed E-state index contributed by atoms with van der Waals surface area (Å²) in [4.78, 5) is 0. The van der Waals surface area contributed by atoms with E-state index in [1.165, 1.54) is 0 Å². The van der Waals surface area contributed by atoms with Crippen molar-refractivity contribution in [3.63, 3.8) is 0 Å². The van der Waals surface area contributed by atoms with E-state index in [1.54, 1.807) is 0 Å². The van der Waals surface area contributed by atoms with Crippen molar-refractivity contribution in [3.8, 4) is 11.5 Å². The molecule has 0 saturated heterocycles. The van der Waals surface area contributed by atoms with Crippen LogP contribution in [0.15, 0.2) is 24.4 Å². The summed E-state index contributed by atoms with van der Waals surface area (Å²) in [6.45, 7) is 9.30. The number of halogens is 1. The maximum Gasteiger partial charge on any atom is 0.163 e. The van der Waals surface area contributed by atoms with Gasteiger partial charge in [-0.3, -0.25) is 4.68 Å². The molecule has 1 heterocycles. The Morgan fingerprint density at radius 3 is 2.56 bits per heavy atom. The SMILES string of the molecule is CCOc1cc(CNC(CC)c2ccnn2C)c(Cl)cc1OC(C)C. The van der Waals surface area contributed by atoms with Crippen LogP contribution < -0.4 is 14.8 Å². The van der Waals surface area contributed by atoms with Gasteiger partial charge >= 0.3 is 0 Å². The smallest absolute Gasteiger partial charge is 0.163 e. The molecule has 0 aliphatic rings. The van der Waals surface area contributed by atoms with Gasteiger partial charge in [0.25, 0.3) is 0 Å². The Morgan fingerprint density at radius 1 is 1.24 bits per heavy atom. The summed E-state index contributed by atoms with van der Waals surface area (Å²) < 4.78 is 13.4. The Labute approximate surface area is 155 Å². The van der Waals surface area contributed by atoms with Crippen molar-refractivity contribution in [2.45, 2.75) is 52.8 Å². The predicted octanol–water partition coefficient (Wildman–Crippen LogP) is 4.50. The van der Waals surface area contributed by atoms with Crippen molar-refractivity contribution in [1.82, 2.24) is 15.1 Å². The molecule has 0 spiro atoms. The maximum absolute atomic E-state index is 6.47. The molecule has 138 valence electrons. The lowest BCUT2D eigenvalue weighted by atomic mass is 10.1. The fraction of sp³-hybridized carbons (Fsp3) is 0.526. The van der Waals surface area contributed by atoms with Crippen molar-refractivity contribution in [2.75, 3.05) is 6.61 Å². The summed E-state index contributed by atoms with van der Waals surface area (Å²) in [7, 11) is 1.96. The monoisotopic (exact) mass is 365 g/mol. The summed E-state index contributed by atoms with van der Waals surface area (Å²) in [6.07, 6.45) is 2.84. The van der Waals surface area contributed by atoms with Gasteiger partial charge in [-0.1, -0.05) is 18.5 Å². The number of rotatable bonds is 9. The van der Waals surface area contributed by atoms with E-state index >= 15 is 0 Å². The van der Waals surface area contributed by atoms with E-state index in [-0.39, 0.29) is 12.1 Å². The number of aromatic nitrogens is 2. The Balaban J connectivity index is 2.18. The normalized spacial score (nSPS) is 12.4. The number of hydrogen-bond donors (Lipinski definition) is 1. The average molecular weight is 366 g/mol. The first-order valence-corrected chi connectivity index (χ1v) is 9.17. The number of ether oxygens (including phenoxy) is 2. The first-order chi connectivity index (χ1) is 12.0. The van der Waals surface area contributed by atoms with Crippen LogP contribution in [-0.4, -0.2) is 22.5 Å². The Kier molecular flexibility index (Phi) is 7.14. The Bertz CT molecular complexity index is 685. The van der Waals surface area contributed by atoms with E-state index in [9.17, 15) is 0 Å². The van der Waals surface area contributed by atoms with E-state index in [0.717, 1.165) is 23.4 Å². The third-order valence-electron chi connectivity index (χ3n) is 3.94. The van der Waals surface area contributed by atoms with Crippen LogP contribution in [0, 0.1) is 0 Å². The molecule has 25 heavy (non-hydrogen) atoms. The highest BCUT2D eigenvalue weighted by Gasteiger charge is 2.16. The Morgan fingerprint density at radius 2 is 2.00 bits per heavy atom. The fourth-order valence-electron chi connectivity index (χ4n) is 2.74. The standard InChI is InChI=1S/C19H28ClN3O2/c1-6-16(17-8-9-22-23(17)5)21-12-14-10-18(24-7-2)19(11-15(14)20)25-13(3)4/h8-11,13,16,21H,6-7,12H2,1-5H3. The van der Waals surface area contributed by atoms with Gasteiger partial charge in [0, 0.05) is 36.9 Å². The molecule has 2 aromatic rings. The molecule has 5 nitrogen and oxygen atoms in total. The summed E-state index contributed by atoms with van der Waals surface area (Å²) >= 11 is 6.47. The second-order valence-electron chi connectivity index (χ2n) is 6.21. The third-order valence-corrected chi connectivity index (χ3v) is 4.29. The van der Waals surface area contributed by atoms with Gasteiger partial charge in [0.1, 0.15) is 0 Å². The molecule has 0 aliphatic carbocycles. The van der Waals surface area contributed by atoms with Crippen molar-refractivity contribution >= 4 is 11.6 Å². The lowest BCUT2D eigenvalue weighted by Gasteiger charge is -2.20. The van der Waals surface area contributed by atoms with Crippen molar-refractivity contribution in [3.05, 3.63) is 40.7 Å². The maximum atomic E-state index is 6.47. The second kappa shape index (κ2) is 9.11. The number of nitrogens with zero attached hydrogens (tertiary/aromatic N) is 2. The first kappa shape index (κ1) is 19.6. The van der Waals surface area contributed by atoms with Gasteiger partial charge in [-0.15, -0.1) is 0 Å². The third kappa shape index (κ3) is 5.13. The number of hydrogen-bond acceptors (Lipinski definition) is 4. The second-order valence-corrected chi connectivity index (χ2v) is 6.62. The largest absolute Gasteiger partial charge is 0.490 e. The molecule has 0 amide bonds. The van der Waals surface area contributed by atoms with Crippen LogP contribution in [0.4, 0.5) is 0 Å². The minimum atomic E-state index is 0.0635. The number of benzene rings is 1. The lowest BCUT2D eigenvalue weighted by Crippen LogP contribution is -2.22. The van der Waals surface area contributed by atoms with E-state index < -0.39 is 0 Å². The quantitative estimate of drug-likeness (QED) is 0.710. The van der Waals surface area contributed by atoms with E-state index in [0.29, 0.717) is 23.9 Å². The van der Waals surface area contributed by atoms with Gasteiger partial charge in [0.05, 0.1) is 18.4 Å². The summed E-state index contributed by atoms with van der Waals surface area (Å²) in [5.41, 5.74) is 2.14. The molecule has 0 radical (unpaired) electrons. The van der Waals surface area contributed by atoms with Crippen molar-refractivity contribution < 1.29 is 9.47 Å². The van der Waals surface area contributed by atoms with Crippen LogP contribution in [0.5, 0.6) is 11.5 Å². The number of nitrogens with one attached hydrogen (secondary N) is 1.